The van der Waals surface area contributed by atoms with Crippen molar-refractivity contribution in [1.82, 2.24) is 10.3 Å². The Morgan fingerprint density at radius 3 is 2.60 bits per heavy atom. The molecule has 1 atom stereocenters. The van der Waals surface area contributed by atoms with Crippen LogP contribution in [0.25, 0.3) is 0 Å². The van der Waals surface area contributed by atoms with Gasteiger partial charge in [0, 0.05) is 23.7 Å². The van der Waals surface area contributed by atoms with Crippen LogP contribution >= 0.6 is 11.3 Å². The van der Waals surface area contributed by atoms with Crippen molar-refractivity contribution in [3.8, 4) is 0 Å². The van der Waals surface area contributed by atoms with Crippen LogP contribution < -0.4 is 5.32 Å². The van der Waals surface area contributed by atoms with E-state index in [1.165, 1.54) is 17.7 Å². The van der Waals surface area contributed by atoms with Gasteiger partial charge in [-0.05, 0) is 32.6 Å². The molecule has 1 rings (SSSR count). The van der Waals surface area contributed by atoms with Gasteiger partial charge in [0.2, 0.25) is 0 Å². The summed E-state index contributed by atoms with van der Waals surface area (Å²) in [6, 6.07) is 0.606. The Hall–Kier alpha value is -0.410. The smallest absolute Gasteiger partial charge is 0.0897 e. The monoisotopic (exact) mass is 226 g/mol. The van der Waals surface area contributed by atoms with Gasteiger partial charge in [0.1, 0.15) is 0 Å². The van der Waals surface area contributed by atoms with E-state index in [4.69, 9.17) is 0 Å². The molecule has 86 valence electrons. The van der Waals surface area contributed by atoms with E-state index >= 15 is 0 Å². The average molecular weight is 226 g/mol. The molecule has 2 nitrogen and oxygen atoms in total. The molecule has 1 N–H and O–H groups in total. The van der Waals surface area contributed by atoms with Gasteiger partial charge in [-0.1, -0.05) is 13.8 Å². The van der Waals surface area contributed by atoms with Crippen molar-refractivity contribution in [2.24, 2.45) is 5.92 Å². The van der Waals surface area contributed by atoms with Gasteiger partial charge in [-0.25, -0.2) is 4.98 Å². The van der Waals surface area contributed by atoms with Crippen molar-refractivity contribution in [3.05, 3.63) is 16.1 Å². The van der Waals surface area contributed by atoms with Gasteiger partial charge in [-0.2, -0.15) is 0 Å². The van der Waals surface area contributed by atoms with E-state index in [0.29, 0.717) is 6.04 Å². The Kier molecular flexibility index (Phi) is 5.26. The van der Waals surface area contributed by atoms with Gasteiger partial charge in [0.15, 0.2) is 0 Å². The Balaban J connectivity index is 2.19. The summed E-state index contributed by atoms with van der Waals surface area (Å²) in [5.41, 5.74) is 0. The molecule has 0 spiro atoms. The first-order valence-corrected chi connectivity index (χ1v) is 6.54. The fraction of sp³-hybridized carbons (Fsp3) is 0.750. The predicted octanol–water partition coefficient (Wildman–Crippen LogP) is 3.37. The second kappa shape index (κ2) is 6.23. The van der Waals surface area contributed by atoms with Crippen molar-refractivity contribution in [1.29, 1.82) is 0 Å². The van der Waals surface area contributed by atoms with Crippen LogP contribution in [-0.4, -0.2) is 11.0 Å². The van der Waals surface area contributed by atoms with Crippen molar-refractivity contribution in [3.63, 3.8) is 0 Å². The van der Waals surface area contributed by atoms with E-state index in [-0.39, 0.29) is 0 Å². The first-order chi connectivity index (χ1) is 7.08. The fourth-order valence-electron chi connectivity index (χ4n) is 1.45. The number of nitrogens with one attached hydrogen (secondary N) is 1. The maximum Gasteiger partial charge on any atom is 0.0897 e. The summed E-state index contributed by atoms with van der Waals surface area (Å²) >= 11 is 1.78. The lowest BCUT2D eigenvalue weighted by molar-refractivity contribution is 0.452. The highest BCUT2D eigenvalue weighted by atomic mass is 32.1. The molecule has 0 saturated carbocycles. The maximum absolute atomic E-state index is 4.25. The number of hydrogen-bond donors (Lipinski definition) is 1. The zero-order valence-electron chi connectivity index (χ0n) is 10.2. The van der Waals surface area contributed by atoms with E-state index < -0.39 is 0 Å². The standard InChI is InChI=1S/C12H22N2S/c1-9(2)5-6-10(3)13-7-12-8-14-11(4)15-12/h8-10,13H,5-7H2,1-4H3. The zero-order chi connectivity index (χ0) is 11.3. The number of nitrogens with zero attached hydrogens (tertiary/aromatic N) is 1. The molecular weight excluding hydrogens is 204 g/mol. The highest BCUT2D eigenvalue weighted by Gasteiger charge is 2.04. The van der Waals surface area contributed by atoms with Crippen molar-refractivity contribution in [2.75, 3.05) is 0 Å². The molecule has 1 aromatic heterocycles. The van der Waals surface area contributed by atoms with E-state index in [1.54, 1.807) is 11.3 Å². The third kappa shape index (κ3) is 5.28. The van der Waals surface area contributed by atoms with Gasteiger partial charge in [-0.15, -0.1) is 11.3 Å². The first kappa shape index (κ1) is 12.7. The molecule has 1 aromatic rings. The number of aryl methyl sites for hydroxylation is 1. The molecule has 0 radical (unpaired) electrons. The van der Waals surface area contributed by atoms with Crippen molar-refractivity contribution >= 4 is 11.3 Å². The molecule has 0 aliphatic rings. The lowest BCUT2D eigenvalue weighted by atomic mass is 10.0. The molecule has 3 heteroatoms. The number of rotatable bonds is 6. The van der Waals surface area contributed by atoms with Crippen molar-refractivity contribution < 1.29 is 0 Å². The van der Waals surface area contributed by atoms with Gasteiger partial charge in [0.25, 0.3) is 0 Å². The average Bonchev–Trinajstić information content (AvgIpc) is 2.58. The number of hydrogen-bond acceptors (Lipinski definition) is 3. The lowest BCUT2D eigenvalue weighted by Gasteiger charge is -2.14. The summed E-state index contributed by atoms with van der Waals surface area (Å²) in [6.45, 7) is 9.83. The van der Waals surface area contributed by atoms with Gasteiger partial charge in [0.05, 0.1) is 5.01 Å². The number of aromatic nitrogens is 1. The second-order valence-electron chi connectivity index (χ2n) is 4.60. The van der Waals surface area contributed by atoms with Gasteiger partial charge in [-0.3, -0.25) is 0 Å². The quantitative estimate of drug-likeness (QED) is 0.804. The maximum atomic E-state index is 4.25. The fourth-order valence-corrected chi connectivity index (χ4v) is 2.19. The normalized spacial score (nSPS) is 13.4. The molecule has 0 saturated heterocycles. The van der Waals surface area contributed by atoms with Crippen LogP contribution in [-0.2, 0) is 6.54 Å². The highest BCUT2D eigenvalue weighted by Crippen LogP contribution is 2.12. The minimum atomic E-state index is 0.606. The third-order valence-electron chi connectivity index (χ3n) is 2.47. The van der Waals surface area contributed by atoms with E-state index in [1.807, 2.05) is 6.20 Å². The summed E-state index contributed by atoms with van der Waals surface area (Å²) in [7, 11) is 0. The number of thiazole rings is 1. The molecule has 0 aliphatic carbocycles. The first-order valence-electron chi connectivity index (χ1n) is 5.72. The topological polar surface area (TPSA) is 24.9 Å². The van der Waals surface area contributed by atoms with Crippen LogP contribution in [0.3, 0.4) is 0 Å². The summed E-state index contributed by atoms with van der Waals surface area (Å²) < 4.78 is 0. The molecule has 0 amide bonds. The van der Waals surface area contributed by atoms with Crippen LogP contribution in [0, 0.1) is 12.8 Å². The Bertz CT molecular complexity index is 281. The molecular formula is C12H22N2S. The minimum absolute atomic E-state index is 0.606. The summed E-state index contributed by atoms with van der Waals surface area (Å²) in [5.74, 6) is 0.805. The van der Waals surface area contributed by atoms with Gasteiger partial charge >= 0.3 is 0 Å². The second-order valence-corrected chi connectivity index (χ2v) is 5.92. The van der Waals surface area contributed by atoms with Crippen LogP contribution in [0.4, 0.5) is 0 Å². The van der Waals surface area contributed by atoms with Crippen LogP contribution in [0.1, 0.15) is 43.5 Å². The Labute approximate surface area is 97.1 Å². The van der Waals surface area contributed by atoms with Crippen LogP contribution in [0.2, 0.25) is 0 Å². The minimum Gasteiger partial charge on any atom is -0.309 e. The SMILES string of the molecule is Cc1ncc(CNC(C)CCC(C)C)s1. The zero-order valence-corrected chi connectivity index (χ0v) is 11.0. The lowest BCUT2D eigenvalue weighted by Crippen LogP contribution is -2.25. The molecule has 0 aliphatic heterocycles. The van der Waals surface area contributed by atoms with E-state index in [9.17, 15) is 0 Å². The van der Waals surface area contributed by atoms with E-state index in [0.717, 1.165) is 17.5 Å². The summed E-state index contributed by atoms with van der Waals surface area (Å²) in [6.07, 6.45) is 4.54. The van der Waals surface area contributed by atoms with Crippen molar-refractivity contribution in [2.45, 2.75) is 53.1 Å². The molecule has 0 bridgehead atoms. The van der Waals surface area contributed by atoms with Gasteiger partial charge < -0.3 is 5.32 Å². The largest absolute Gasteiger partial charge is 0.309 e. The summed E-state index contributed by atoms with van der Waals surface area (Å²) in [4.78, 5) is 5.58. The van der Waals surface area contributed by atoms with Crippen LogP contribution in [0.5, 0.6) is 0 Å². The molecule has 1 heterocycles. The molecule has 0 fully saturated rings. The third-order valence-corrected chi connectivity index (χ3v) is 3.38. The Morgan fingerprint density at radius 2 is 2.07 bits per heavy atom. The molecule has 1 unspecified atom stereocenters. The molecule has 0 aromatic carbocycles. The predicted molar refractivity (Wildman–Crippen MR) is 67.2 cm³/mol. The summed E-state index contributed by atoms with van der Waals surface area (Å²) in [5, 5.41) is 4.69. The van der Waals surface area contributed by atoms with E-state index in [2.05, 4.69) is 38.0 Å². The Morgan fingerprint density at radius 1 is 1.33 bits per heavy atom. The molecule has 15 heavy (non-hydrogen) atoms. The highest BCUT2D eigenvalue weighted by molar-refractivity contribution is 7.11. The van der Waals surface area contributed by atoms with Crippen LogP contribution in [0.15, 0.2) is 6.20 Å².